The molecular weight excluding hydrogens is 288 g/mol. The lowest BCUT2D eigenvalue weighted by atomic mass is 10.1. The molecular formula is C15H30N2O5. The van der Waals surface area contributed by atoms with E-state index in [4.69, 9.17) is 9.84 Å². The SMILES string of the molecule is CCC.CCNC(=O)NC(CCC(=O)OC(C)(C)C)C(=O)O. The number of urea groups is 1. The molecule has 0 aliphatic rings. The Balaban J connectivity index is 0. The van der Waals surface area contributed by atoms with Crippen molar-refractivity contribution in [1.29, 1.82) is 0 Å². The summed E-state index contributed by atoms with van der Waals surface area (Å²) in [6.07, 6.45) is 1.17. The lowest BCUT2D eigenvalue weighted by Crippen LogP contribution is -2.46. The minimum absolute atomic E-state index is 0.0125. The number of rotatable bonds is 6. The summed E-state index contributed by atoms with van der Waals surface area (Å²) in [5, 5.41) is 13.6. The molecule has 0 saturated carbocycles. The van der Waals surface area contributed by atoms with Crippen molar-refractivity contribution < 1.29 is 24.2 Å². The van der Waals surface area contributed by atoms with E-state index >= 15 is 0 Å². The largest absolute Gasteiger partial charge is 0.480 e. The third-order valence-corrected chi connectivity index (χ3v) is 2.00. The molecule has 0 aromatic heterocycles. The van der Waals surface area contributed by atoms with Crippen LogP contribution in [0.1, 0.15) is 60.8 Å². The first kappa shape index (κ1) is 22.5. The molecule has 22 heavy (non-hydrogen) atoms. The zero-order valence-corrected chi connectivity index (χ0v) is 14.5. The predicted octanol–water partition coefficient (Wildman–Crippen LogP) is 2.30. The molecule has 0 radical (unpaired) electrons. The van der Waals surface area contributed by atoms with Crippen LogP contribution in [0.5, 0.6) is 0 Å². The van der Waals surface area contributed by atoms with Crippen LogP contribution in [0.4, 0.5) is 4.79 Å². The van der Waals surface area contributed by atoms with Crippen LogP contribution in [0.3, 0.4) is 0 Å². The fraction of sp³-hybridized carbons (Fsp3) is 0.800. The fourth-order valence-corrected chi connectivity index (χ4v) is 1.28. The second-order valence-corrected chi connectivity index (χ2v) is 5.73. The Bertz CT molecular complexity index is 350. The van der Waals surface area contributed by atoms with Gasteiger partial charge in [-0.05, 0) is 34.1 Å². The molecule has 0 saturated heterocycles. The lowest BCUT2D eigenvalue weighted by Gasteiger charge is -2.20. The topological polar surface area (TPSA) is 105 Å². The highest BCUT2D eigenvalue weighted by atomic mass is 16.6. The zero-order valence-electron chi connectivity index (χ0n) is 14.5. The van der Waals surface area contributed by atoms with Gasteiger partial charge in [0.15, 0.2) is 0 Å². The number of carboxylic acid groups (broad SMARTS) is 1. The summed E-state index contributed by atoms with van der Waals surface area (Å²) in [7, 11) is 0. The van der Waals surface area contributed by atoms with Gasteiger partial charge in [-0.15, -0.1) is 0 Å². The Kier molecular flexibility index (Phi) is 12.1. The second-order valence-electron chi connectivity index (χ2n) is 5.73. The summed E-state index contributed by atoms with van der Waals surface area (Å²) in [5.41, 5.74) is -0.608. The van der Waals surface area contributed by atoms with Gasteiger partial charge in [-0.25, -0.2) is 9.59 Å². The number of aliphatic carboxylic acids is 1. The van der Waals surface area contributed by atoms with Crippen molar-refractivity contribution in [2.45, 2.75) is 72.4 Å². The third-order valence-electron chi connectivity index (χ3n) is 2.00. The molecule has 7 heteroatoms. The van der Waals surface area contributed by atoms with Crippen LogP contribution in [-0.4, -0.2) is 41.3 Å². The molecule has 0 aromatic carbocycles. The minimum Gasteiger partial charge on any atom is -0.480 e. The van der Waals surface area contributed by atoms with E-state index in [2.05, 4.69) is 24.5 Å². The lowest BCUT2D eigenvalue weighted by molar-refractivity contribution is -0.155. The van der Waals surface area contributed by atoms with Crippen molar-refractivity contribution in [1.82, 2.24) is 10.6 Å². The van der Waals surface area contributed by atoms with Gasteiger partial charge >= 0.3 is 18.0 Å². The summed E-state index contributed by atoms with van der Waals surface area (Å²) in [6, 6.07) is -1.68. The molecule has 7 nitrogen and oxygen atoms in total. The number of amides is 2. The van der Waals surface area contributed by atoms with Crippen LogP contribution in [0.15, 0.2) is 0 Å². The van der Waals surface area contributed by atoms with Crippen molar-refractivity contribution in [3.05, 3.63) is 0 Å². The second kappa shape index (κ2) is 11.8. The van der Waals surface area contributed by atoms with Crippen LogP contribution >= 0.6 is 0 Å². The van der Waals surface area contributed by atoms with Gasteiger partial charge in [-0.3, -0.25) is 4.79 Å². The highest BCUT2D eigenvalue weighted by Gasteiger charge is 2.23. The summed E-state index contributed by atoms with van der Waals surface area (Å²) in [4.78, 5) is 33.6. The highest BCUT2D eigenvalue weighted by molar-refractivity contribution is 5.83. The number of hydrogen-bond acceptors (Lipinski definition) is 4. The van der Waals surface area contributed by atoms with E-state index in [1.165, 1.54) is 6.42 Å². The first-order valence-electron chi connectivity index (χ1n) is 7.56. The van der Waals surface area contributed by atoms with Crippen molar-refractivity contribution in [3.8, 4) is 0 Å². The van der Waals surface area contributed by atoms with E-state index in [1.54, 1.807) is 27.7 Å². The van der Waals surface area contributed by atoms with Gasteiger partial charge in [-0.1, -0.05) is 20.3 Å². The van der Waals surface area contributed by atoms with E-state index in [9.17, 15) is 14.4 Å². The van der Waals surface area contributed by atoms with E-state index < -0.39 is 29.6 Å². The maximum absolute atomic E-state index is 11.5. The Morgan fingerprint density at radius 2 is 1.64 bits per heavy atom. The standard InChI is InChI=1S/C12H22N2O5.C3H8/c1-5-13-11(18)14-8(10(16)17)6-7-9(15)19-12(2,3)4;1-3-2/h8H,5-7H2,1-4H3,(H,16,17)(H2,13,14,18);3H2,1-2H3. The van der Waals surface area contributed by atoms with Crippen molar-refractivity contribution in [2.24, 2.45) is 0 Å². The van der Waals surface area contributed by atoms with Crippen LogP contribution in [0, 0.1) is 0 Å². The van der Waals surface area contributed by atoms with Crippen molar-refractivity contribution in [2.75, 3.05) is 6.54 Å². The molecule has 0 aliphatic heterocycles. The summed E-state index contributed by atoms with van der Waals surface area (Å²) in [5.74, 6) is -1.67. The Labute approximate surface area is 132 Å². The van der Waals surface area contributed by atoms with Gasteiger partial charge in [0, 0.05) is 13.0 Å². The molecule has 0 aliphatic carbocycles. The minimum atomic E-state index is -1.19. The van der Waals surface area contributed by atoms with Gasteiger partial charge in [0.1, 0.15) is 11.6 Å². The van der Waals surface area contributed by atoms with Gasteiger partial charge in [0.05, 0.1) is 0 Å². The molecule has 0 bridgehead atoms. The molecule has 0 spiro atoms. The van der Waals surface area contributed by atoms with E-state index in [1.807, 2.05) is 0 Å². The third kappa shape index (κ3) is 14.6. The maximum atomic E-state index is 11.5. The normalized spacial score (nSPS) is 11.5. The Morgan fingerprint density at radius 3 is 2.00 bits per heavy atom. The number of ether oxygens (including phenoxy) is 1. The van der Waals surface area contributed by atoms with Gasteiger partial charge < -0.3 is 20.5 Å². The van der Waals surface area contributed by atoms with Crippen LogP contribution in [0.2, 0.25) is 0 Å². The number of carbonyl (C=O) groups is 3. The predicted molar refractivity (Wildman–Crippen MR) is 84.7 cm³/mol. The number of hydrogen-bond donors (Lipinski definition) is 3. The van der Waals surface area contributed by atoms with E-state index in [-0.39, 0.29) is 12.8 Å². The van der Waals surface area contributed by atoms with Crippen LogP contribution in [-0.2, 0) is 14.3 Å². The summed E-state index contributed by atoms with van der Waals surface area (Å²) < 4.78 is 5.06. The zero-order chi connectivity index (χ0) is 17.8. The number of carboxylic acids is 1. The monoisotopic (exact) mass is 318 g/mol. The molecule has 3 N–H and O–H groups in total. The maximum Gasteiger partial charge on any atom is 0.326 e. The van der Waals surface area contributed by atoms with Crippen molar-refractivity contribution >= 4 is 18.0 Å². The van der Waals surface area contributed by atoms with E-state index in [0.717, 1.165) is 0 Å². The number of nitrogens with one attached hydrogen (secondary N) is 2. The average Bonchev–Trinajstić information content (AvgIpc) is 2.33. The van der Waals surface area contributed by atoms with Crippen LogP contribution < -0.4 is 10.6 Å². The Morgan fingerprint density at radius 1 is 1.14 bits per heavy atom. The molecule has 0 heterocycles. The van der Waals surface area contributed by atoms with E-state index in [0.29, 0.717) is 6.54 Å². The quantitative estimate of drug-likeness (QED) is 0.652. The number of esters is 1. The van der Waals surface area contributed by atoms with Gasteiger partial charge in [0.2, 0.25) is 0 Å². The smallest absolute Gasteiger partial charge is 0.326 e. The summed E-state index contributed by atoms with van der Waals surface area (Å²) >= 11 is 0. The van der Waals surface area contributed by atoms with Crippen LogP contribution in [0.25, 0.3) is 0 Å². The molecule has 1 atom stereocenters. The van der Waals surface area contributed by atoms with Gasteiger partial charge in [0.25, 0.3) is 0 Å². The average molecular weight is 318 g/mol. The first-order chi connectivity index (χ1) is 10.1. The molecule has 2 amide bonds. The van der Waals surface area contributed by atoms with Gasteiger partial charge in [-0.2, -0.15) is 0 Å². The number of carbonyl (C=O) groups excluding carboxylic acids is 2. The molecule has 0 rings (SSSR count). The molecule has 1 unspecified atom stereocenters. The molecule has 0 fully saturated rings. The fourth-order valence-electron chi connectivity index (χ4n) is 1.28. The molecule has 130 valence electrons. The molecule has 0 aromatic rings. The van der Waals surface area contributed by atoms with Crippen molar-refractivity contribution in [3.63, 3.8) is 0 Å². The summed E-state index contributed by atoms with van der Waals surface area (Å²) in [6.45, 7) is 11.5. The first-order valence-corrected chi connectivity index (χ1v) is 7.56. The highest BCUT2D eigenvalue weighted by Crippen LogP contribution is 2.10. The Hall–Kier alpha value is -1.79.